The Morgan fingerprint density at radius 1 is 1.52 bits per heavy atom. The summed E-state index contributed by atoms with van der Waals surface area (Å²) in [6, 6.07) is 0.788. The fraction of sp³-hybridized carbons (Fsp3) is 0.938. The molecule has 0 spiro atoms. The Hall–Kier alpha value is -0.650. The van der Waals surface area contributed by atoms with Crippen molar-refractivity contribution in [3.63, 3.8) is 0 Å². The average molecular weight is 300 g/mol. The third-order valence-corrected chi connectivity index (χ3v) is 4.79. The molecular formula is C16H32N2O3. The van der Waals surface area contributed by atoms with Crippen LogP contribution in [0, 0.1) is 0 Å². The van der Waals surface area contributed by atoms with Crippen LogP contribution in [0.5, 0.6) is 0 Å². The van der Waals surface area contributed by atoms with Crippen LogP contribution in [-0.4, -0.2) is 60.4 Å². The van der Waals surface area contributed by atoms with Gasteiger partial charge in [-0.15, -0.1) is 0 Å². The molecule has 1 saturated carbocycles. The number of methoxy groups -OCH3 is 1. The lowest BCUT2D eigenvalue weighted by Crippen LogP contribution is -2.52. The molecule has 0 bridgehead atoms. The van der Waals surface area contributed by atoms with E-state index < -0.39 is 11.5 Å². The highest BCUT2D eigenvalue weighted by molar-refractivity contribution is 5.79. The maximum Gasteiger partial charge on any atom is 0.323 e. The first-order valence-electron chi connectivity index (χ1n) is 8.23. The molecule has 3 unspecified atom stereocenters. The molecule has 3 atom stereocenters. The number of nitrogens with one attached hydrogen (secondary N) is 1. The van der Waals surface area contributed by atoms with Crippen molar-refractivity contribution in [1.29, 1.82) is 0 Å². The van der Waals surface area contributed by atoms with Crippen LogP contribution >= 0.6 is 0 Å². The molecule has 1 rings (SSSR count). The highest BCUT2D eigenvalue weighted by Gasteiger charge is 2.46. The largest absolute Gasteiger partial charge is 0.480 e. The summed E-state index contributed by atoms with van der Waals surface area (Å²) >= 11 is 0. The number of carboxylic acids is 1. The molecule has 2 N–H and O–H groups in total. The number of carboxylic acid groups (broad SMARTS) is 1. The van der Waals surface area contributed by atoms with Gasteiger partial charge in [0.15, 0.2) is 0 Å². The smallest absolute Gasteiger partial charge is 0.323 e. The Labute approximate surface area is 129 Å². The Kier molecular flexibility index (Phi) is 7.63. The summed E-state index contributed by atoms with van der Waals surface area (Å²) < 4.78 is 5.22. The van der Waals surface area contributed by atoms with Gasteiger partial charge in [0.25, 0.3) is 0 Å². The molecule has 0 aromatic carbocycles. The first-order valence-corrected chi connectivity index (χ1v) is 8.23. The van der Waals surface area contributed by atoms with Crippen LogP contribution in [0.4, 0.5) is 0 Å². The van der Waals surface area contributed by atoms with E-state index in [2.05, 4.69) is 31.0 Å². The minimum atomic E-state index is -0.737. The number of hydrogen-bond donors (Lipinski definition) is 2. The molecular weight excluding hydrogens is 268 g/mol. The molecule has 124 valence electrons. The van der Waals surface area contributed by atoms with E-state index in [1.807, 2.05) is 0 Å². The maximum absolute atomic E-state index is 11.7. The molecule has 21 heavy (non-hydrogen) atoms. The van der Waals surface area contributed by atoms with Crippen molar-refractivity contribution in [1.82, 2.24) is 10.2 Å². The second-order valence-electron chi connectivity index (χ2n) is 6.20. The van der Waals surface area contributed by atoms with E-state index >= 15 is 0 Å². The molecule has 1 aliphatic carbocycles. The third kappa shape index (κ3) is 4.66. The Balaban J connectivity index is 2.76. The van der Waals surface area contributed by atoms with E-state index in [4.69, 9.17) is 4.74 Å². The first-order chi connectivity index (χ1) is 10.0. The molecule has 0 aromatic rings. The van der Waals surface area contributed by atoms with Crippen molar-refractivity contribution in [3.05, 3.63) is 0 Å². The van der Waals surface area contributed by atoms with Gasteiger partial charge in [0.05, 0.1) is 6.61 Å². The zero-order chi connectivity index (χ0) is 15.9. The molecule has 1 fully saturated rings. The summed E-state index contributed by atoms with van der Waals surface area (Å²) in [5, 5.41) is 12.9. The van der Waals surface area contributed by atoms with Gasteiger partial charge in [-0.25, -0.2) is 0 Å². The van der Waals surface area contributed by atoms with Crippen molar-refractivity contribution in [3.8, 4) is 0 Å². The second kappa shape index (κ2) is 8.71. The van der Waals surface area contributed by atoms with Gasteiger partial charge in [-0.3, -0.25) is 9.69 Å². The van der Waals surface area contributed by atoms with Crippen LogP contribution in [-0.2, 0) is 9.53 Å². The molecule has 0 amide bonds. The quantitative estimate of drug-likeness (QED) is 0.647. The van der Waals surface area contributed by atoms with E-state index in [1.54, 1.807) is 7.11 Å². The van der Waals surface area contributed by atoms with Crippen LogP contribution in [0.15, 0.2) is 0 Å². The lowest BCUT2D eigenvalue weighted by Gasteiger charge is -2.35. The predicted molar refractivity (Wildman–Crippen MR) is 84.6 cm³/mol. The third-order valence-electron chi connectivity index (χ3n) is 4.79. The van der Waals surface area contributed by atoms with Gasteiger partial charge in [0.2, 0.25) is 0 Å². The number of aliphatic carboxylic acids is 1. The molecule has 5 heteroatoms. The van der Waals surface area contributed by atoms with E-state index in [-0.39, 0.29) is 0 Å². The van der Waals surface area contributed by atoms with Crippen LogP contribution in [0.2, 0.25) is 0 Å². The molecule has 0 aromatic heterocycles. The number of hydrogen-bond acceptors (Lipinski definition) is 4. The van der Waals surface area contributed by atoms with Crippen molar-refractivity contribution < 1.29 is 14.6 Å². The van der Waals surface area contributed by atoms with Gasteiger partial charge in [0, 0.05) is 25.7 Å². The number of rotatable bonds is 10. The molecule has 1 aliphatic rings. The summed E-state index contributed by atoms with van der Waals surface area (Å²) in [5.41, 5.74) is -0.737. The minimum Gasteiger partial charge on any atom is -0.480 e. The monoisotopic (exact) mass is 300 g/mol. The van der Waals surface area contributed by atoms with Crippen LogP contribution in [0.3, 0.4) is 0 Å². The molecule has 0 aliphatic heterocycles. The Morgan fingerprint density at radius 3 is 2.76 bits per heavy atom. The number of nitrogens with zero attached hydrogens (tertiary/aromatic N) is 1. The summed E-state index contributed by atoms with van der Waals surface area (Å²) in [4.78, 5) is 14.2. The van der Waals surface area contributed by atoms with Gasteiger partial charge in [0.1, 0.15) is 5.54 Å². The topological polar surface area (TPSA) is 61.8 Å². The van der Waals surface area contributed by atoms with Crippen molar-refractivity contribution in [2.75, 3.05) is 26.8 Å². The zero-order valence-electron chi connectivity index (χ0n) is 14.0. The fourth-order valence-corrected chi connectivity index (χ4v) is 3.29. The fourth-order valence-electron chi connectivity index (χ4n) is 3.29. The van der Waals surface area contributed by atoms with Gasteiger partial charge in [-0.2, -0.15) is 0 Å². The predicted octanol–water partition coefficient (Wildman–Crippen LogP) is 2.11. The minimum absolute atomic E-state index is 0.329. The van der Waals surface area contributed by atoms with Gasteiger partial charge in [-0.05, 0) is 45.6 Å². The first kappa shape index (κ1) is 18.4. The summed E-state index contributed by atoms with van der Waals surface area (Å²) in [7, 11) is 1.72. The van der Waals surface area contributed by atoms with Gasteiger partial charge >= 0.3 is 5.97 Å². The summed E-state index contributed by atoms with van der Waals surface area (Å²) in [6.45, 7) is 8.80. The zero-order valence-corrected chi connectivity index (χ0v) is 14.0. The summed E-state index contributed by atoms with van der Waals surface area (Å²) in [5.74, 6) is -0.700. The summed E-state index contributed by atoms with van der Waals surface area (Å²) in [6.07, 6.45) is 4.38. The van der Waals surface area contributed by atoms with Gasteiger partial charge in [-0.1, -0.05) is 13.8 Å². The van der Waals surface area contributed by atoms with Crippen molar-refractivity contribution >= 4 is 5.97 Å². The highest BCUT2D eigenvalue weighted by atomic mass is 16.5. The number of carbonyl (C=O) groups is 1. The second-order valence-corrected chi connectivity index (χ2v) is 6.20. The SMILES string of the molecule is CCCNC1(C(=O)O)CCC(N(CCOC)C(C)CC)C1. The molecule has 0 radical (unpaired) electrons. The lowest BCUT2D eigenvalue weighted by molar-refractivity contribution is -0.144. The van der Waals surface area contributed by atoms with Crippen LogP contribution in [0.1, 0.15) is 52.9 Å². The standard InChI is InChI=1S/C16H32N2O3/c1-5-9-17-16(15(19)20)8-7-14(12-16)18(10-11-21-4)13(3)6-2/h13-14,17H,5-12H2,1-4H3,(H,19,20). The Morgan fingerprint density at radius 2 is 2.24 bits per heavy atom. The van der Waals surface area contributed by atoms with Gasteiger partial charge < -0.3 is 15.2 Å². The lowest BCUT2D eigenvalue weighted by atomic mass is 9.96. The Bertz CT molecular complexity index is 325. The van der Waals surface area contributed by atoms with Crippen molar-refractivity contribution in [2.24, 2.45) is 0 Å². The average Bonchev–Trinajstić information content (AvgIpc) is 2.91. The number of ether oxygens (including phenoxy) is 1. The van der Waals surface area contributed by atoms with E-state index in [1.165, 1.54) is 0 Å². The van der Waals surface area contributed by atoms with E-state index in [0.717, 1.165) is 32.4 Å². The molecule has 5 nitrogen and oxygen atoms in total. The van der Waals surface area contributed by atoms with Crippen LogP contribution < -0.4 is 5.32 Å². The molecule has 0 saturated heterocycles. The van der Waals surface area contributed by atoms with E-state index in [0.29, 0.717) is 31.5 Å². The van der Waals surface area contributed by atoms with E-state index in [9.17, 15) is 9.90 Å². The van der Waals surface area contributed by atoms with Crippen LogP contribution in [0.25, 0.3) is 0 Å². The maximum atomic E-state index is 11.7. The van der Waals surface area contributed by atoms with Crippen molar-refractivity contribution in [2.45, 2.75) is 70.5 Å². The normalized spacial score (nSPS) is 27.2. The highest BCUT2D eigenvalue weighted by Crippen LogP contribution is 2.34. The molecule has 0 heterocycles.